The van der Waals surface area contributed by atoms with Crippen LogP contribution in [-0.2, 0) is 4.79 Å². The Bertz CT molecular complexity index is 411. The van der Waals surface area contributed by atoms with Crippen LogP contribution in [0.15, 0.2) is 0 Å². The van der Waals surface area contributed by atoms with E-state index in [2.05, 4.69) is 37.9 Å². The first-order valence-corrected chi connectivity index (χ1v) is 8.86. The second kappa shape index (κ2) is 5.26. The molecule has 3 aliphatic rings. The lowest BCUT2D eigenvalue weighted by Gasteiger charge is -2.48. The van der Waals surface area contributed by atoms with E-state index in [4.69, 9.17) is 0 Å². The van der Waals surface area contributed by atoms with Gasteiger partial charge in [0.1, 0.15) is 0 Å². The van der Waals surface area contributed by atoms with E-state index in [9.17, 15) is 4.79 Å². The van der Waals surface area contributed by atoms with Gasteiger partial charge in [-0.2, -0.15) is 0 Å². The molecule has 1 amide bonds. The summed E-state index contributed by atoms with van der Waals surface area (Å²) in [6.45, 7) is 12.1. The van der Waals surface area contributed by atoms with Crippen molar-refractivity contribution in [3.63, 3.8) is 0 Å². The lowest BCUT2D eigenvalue weighted by atomic mass is 9.64. The van der Waals surface area contributed by atoms with Gasteiger partial charge in [-0.1, -0.05) is 20.8 Å². The van der Waals surface area contributed by atoms with Crippen LogP contribution in [0.2, 0.25) is 0 Å². The summed E-state index contributed by atoms with van der Waals surface area (Å²) < 4.78 is 0. The minimum Gasteiger partial charge on any atom is -0.349 e. The fraction of sp³-hybridized carbons (Fsp3) is 0.944. The molecule has 21 heavy (non-hydrogen) atoms. The molecule has 3 rings (SSSR count). The highest BCUT2D eigenvalue weighted by atomic mass is 16.2. The first-order chi connectivity index (χ1) is 9.83. The van der Waals surface area contributed by atoms with Crippen molar-refractivity contribution in [2.45, 2.75) is 65.3 Å². The summed E-state index contributed by atoms with van der Waals surface area (Å²) in [7, 11) is 0. The molecule has 0 aromatic heterocycles. The van der Waals surface area contributed by atoms with Crippen LogP contribution in [0.5, 0.6) is 0 Å². The monoisotopic (exact) mass is 292 g/mol. The largest absolute Gasteiger partial charge is 0.349 e. The van der Waals surface area contributed by atoms with Crippen LogP contribution >= 0.6 is 0 Å². The van der Waals surface area contributed by atoms with E-state index < -0.39 is 0 Å². The third kappa shape index (κ3) is 2.52. The first-order valence-electron chi connectivity index (χ1n) is 8.86. The Hall–Kier alpha value is -0.570. The molecule has 1 saturated heterocycles. The fourth-order valence-electron chi connectivity index (χ4n) is 5.13. The first kappa shape index (κ1) is 15.3. The molecule has 2 bridgehead atoms. The summed E-state index contributed by atoms with van der Waals surface area (Å²) in [6.07, 6.45) is 6.44. The van der Waals surface area contributed by atoms with Crippen LogP contribution in [0.1, 0.15) is 59.8 Å². The molecule has 120 valence electrons. The van der Waals surface area contributed by atoms with Crippen molar-refractivity contribution < 1.29 is 4.79 Å². The van der Waals surface area contributed by atoms with Gasteiger partial charge in [0.05, 0.1) is 6.54 Å². The predicted octanol–water partition coefficient (Wildman–Crippen LogP) is 3.05. The molecular formula is C18H32N2O. The zero-order valence-electron chi connectivity index (χ0n) is 14.2. The molecule has 0 unspecified atom stereocenters. The van der Waals surface area contributed by atoms with Gasteiger partial charge in [-0.25, -0.2) is 0 Å². The molecule has 2 saturated carbocycles. The summed E-state index contributed by atoms with van der Waals surface area (Å²) in [5, 5.41) is 3.45. The maximum atomic E-state index is 12.6. The highest BCUT2D eigenvalue weighted by Crippen LogP contribution is 2.61. The quantitative estimate of drug-likeness (QED) is 0.867. The third-order valence-electron chi connectivity index (χ3n) is 7.25. The molecule has 2 aliphatic carbocycles. The SMILES string of the molecule is CC1CCN(CC(=O)N[C@@]2(C)[C@H]3CC[C@@H](C3)C2(C)C)CC1. The number of rotatable bonds is 3. The molecule has 3 nitrogen and oxygen atoms in total. The molecule has 3 heteroatoms. The Kier molecular flexibility index (Phi) is 3.84. The van der Waals surface area contributed by atoms with Crippen LogP contribution in [0.3, 0.4) is 0 Å². The maximum absolute atomic E-state index is 12.6. The van der Waals surface area contributed by atoms with Gasteiger partial charge in [-0.05, 0) is 75.3 Å². The van der Waals surface area contributed by atoms with E-state index in [0.29, 0.717) is 12.5 Å². The average Bonchev–Trinajstić information content (AvgIpc) is 2.96. The number of likely N-dealkylation sites (tertiary alicyclic amines) is 1. The van der Waals surface area contributed by atoms with E-state index in [1.807, 2.05) is 0 Å². The zero-order valence-corrected chi connectivity index (χ0v) is 14.2. The number of amides is 1. The van der Waals surface area contributed by atoms with Crippen LogP contribution in [0, 0.1) is 23.2 Å². The van der Waals surface area contributed by atoms with Crippen molar-refractivity contribution in [3.8, 4) is 0 Å². The lowest BCUT2D eigenvalue weighted by molar-refractivity contribution is -0.127. The summed E-state index contributed by atoms with van der Waals surface area (Å²) >= 11 is 0. The van der Waals surface area contributed by atoms with Gasteiger partial charge in [0.2, 0.25) is 5.91 Å². The summed E-state index contributed by atoms with van der Waals surface area (Å²) in [6, 6.07) is 0. The standard InChI is InChI=1S/C18H32N2O/c1-13-7-9-20(10-8-13)12-16(21)19-18(4)15-6-5-14(11-15)17(18,2)3/h13-15H,5-12H2,1-4H3,(H,19,21)/t14-,15-,18-/m0/s1. The number of nitrogens with one attached hydrogen (secondary N) is 1. The van der Waals surface area contributed by atoms with Crippen LogP contribution in [-0.4, -0.2) is 36.0 Å². The summed E-state index contributed by atoms with van der Waals surface area (Å²) in [4.78, 5) is 14.9. The number of hydrogen-bond donors (Lipinski definition) is 1. The molecule has 3 fully saturated rings. The van der Waals surface area contributed by atoms with Crippen molar-refractivity contribution in [1.29, 1.82) is 0 Å². The highest BCUT2D eigenvalue weighted by Gasteiger charge is 2.60. The Morgan fingerprint density at radius 1 is 1.10 bits per heavy atom. The molecule has 1 heterocycles. The Labute approximate surface area is 129 Å². The Morgan fingerprint density at radius 3 is 2.29 bits per heavy atom. The average molecular weight is 292 g/mol. The van der Waals surface area contributed by atoms with E-state index in [1.165, 1.54) is 32.1 Å². The van der Waals surface area contributed by atoms with E-state index in [0.717, 1.165) is 24.9 Å². The maximum Gasteiger partial charge on any atom is 0.234 e. The summed E-state index contributed by atoms with van der Waals surface area (Å²) in [5.74, 6) is 2.55. The molecule has 1 N–H and O–H groups in total. The van der Waals surface area contributed by atoms with Crippen LogP contribution in [0.4, 0.5) is 0 Å². The van der Waals surface area contributed by atoms with Gasteiger partial charge < -0.3 is 5.32 Å². The molecular weight excluding hydrogens is 260 g/mol. The lowest BCUT2D eigenvalue weighted by Crippen LogP contribution is -2.60. The Morgan fingerprint density at radius 2 is 1.71 bits per heavy atom. The molecule has 0 spiro atoms. The van der Waals surface area contributed by atoms with Gasteiger partial charge in [0.15, 0.2) is 0 Å². The minimum atomic E-state index is -0.00389. The van der Waals surface area contributed by atoms with E-state index >= 15 is 0 Å². The van der Waals surface area contributed by atoms with Crippen molar-refractivity contribution in [3.05, 3.63) is 0 Å². The van der Waals surface area contributed by atoms with Gasteiger partial charge in [0.25, 0.3) is 0 Å². The number of carbonyl (C=O) groups excluding carboxylic acids is 1. The number of carbonyl (C=O) groups is 1. The van der Waals surface area contributed by atoms with Gasteiger partial charge in [-0.3, -0.25) is 9.69 Å². The van der Waals surface area contributed by atoms with Crippen LogP contribution in [0.25, 0.3) is 0 Å². The van der Waals surface area contributed by atoms with Crippen LogP contribution < -0.4 is 5.32 Å². The van der Waals surface area contributed by atoms with Crippen molar-refractivity contribution in [1.82, 2.24) is 10.2 Å². The van der Waals surface area contributed by atoms with Crippen molar-refractivity contribution >= 4 is 5.91 Å². The molecule has 0 aromatic carbocycles. The predicted molar refractivity (Wildman–Crippen MR) is 86.0 cm³/mol. The van der Waals surface area contributed by atoms with E-state index in [1.54, 1.807) is 0 Å². The molecule has 0 aromatic rings. The normalized spacial score (nSPS) is 39.6. The second-order valence-corrected chi connectivity index (χ2v) is 8.64. The second-order valence-electron chi connectivity index (χ2n) is 8.64. The topological polar surface area (TPSA) is 32.3 Å². The smallest absolute Gasteiger partial charge is 0.234 e. The molecule has 1 aliphatic heterocycles. The number of fused-ring (bicyclic) bond motifs is 2. The van der Waals surface area contributed by atoms with Crippen molar-refractivity contribution in [2.24, 2.45) is 23.2 Å². The molecule has 0 radical (unpaired) electrons. The Balaban J connectivity index is 1.59. The van der Waals surface area contributed by atoms with Gasteiger partial charge >= 0.3 is 0 Å². The minimum absolute atomic E-state index is 0.00389. The van der Waals surface area contributed by atoms with Crippen molar-refractivity contribution in [2.75, 3.05) is 19.6 Å². The molecule has 3 atom stereocenters. The third-order valence-corrected chi connectivity index (χ3v) is 7.25. The fourth-order valence-corrected chi connectivity index (χ4v) is 5.13. The van der Waals surface area contributed by atoms with E-state index in [-0.39, 0.29) is 16.9 Å². The highest BCUT2D eigenvalue weighted by molar-refractivity contribution is 5.79. The number of piperidine rings is 1. The number of nitrogens with zero attached hydrogens (tertiary/aromatic N) is 1. The number of hydrogen-bond acceptors (Lipinski definition) is 2. The zero-order chi connectivity index (χ0) is 15.3. The van der Waals surface area contributed by atoms with Gasteiger partial charge in [-0.15, -0.1) is 0 Å². The summed E-state index contributed by atoms with van der Waals surface area (Å²) in [5.41, 5.74) is 0.234. The van der Waals surface area contributed by atoms with Gasteiger partial charge in [0, 0.05) is 5.54 Å².